The summed E-state index contributed by atoms with van der Waals surface area (Å²) in [5, 5.41) is 4.24. The zero-order valence-corrected chi connectivity index (χ0v) is 14.4. The average Bonchev–Trinajstić information content (AvgIpc) is 2.71. The molecule has 0 N–H and O–H groups in total. The van der Waals surface area contributed by atoms with E-state index in [9.17, 15) is 9.59 Å². The Morgan fingerprint density at radius 3 is 2.43 bits per heavy atom. The summed E-state index contributed by atoms with van der Waals surface area (Å²) in [7, 11) is 0. The van der Waals surface area contributed by atoms with Gasteiger partial charge in [-0.15, -0.1) is 0 Å². The number of carbonyl (C=O) groups excluding carboxylic acids is 2. The van der Waals surface area contributed by atoms with Gasteiger partial charge in [0.1, 0.15) is 12.1 Å². The van der Waals surface area contributed by atoms with Crippen LogP contribution in [0.25, 0.3) is 0 Å². The highest BCUT2D eigenvalue weighted by atomic mass is 16.6. The lowest BCUT2D eigenvalue weighted by Crippen LogP contribution is -2.40. The molecule has 2 heterocycles. The summed E-state index contributed by atoms with van der Waals surface area (Å²) in [4.78, 5) is 28.0. The van der Waals surface area contributed by atoms with Crippen LogP contribution in [-0.4, -0.2) is 63.4 Å². The van der Waals surface area contributed by atoms with Crippen LogP contribution < -0.4 is 0 Å². The molecule has 7 nitrogen and oxygen atoms in total. The first kappa shape index (κ1) is 17.3. The third kappa shape index (κ3) is 5.26. The van der Waals surface area contributed by atoms with E-state index in [0.29, 0.717) is 26.2 Å². The van der Waals surface area contributed by atoms with Gasteiger partial charge < -0.3 is 14.5 Å². The van der Waals surface area contributed by atoms with Gasteiger partial charge in [0.15, 0.2) is 0 Å². The highest BCUT2D eigenvalue weighted by Gasteiger charge is 2.25. The number of nitrogens with zero attached hydrogens (tertiary/aromatic N) is 4. The normalized spacial score (nSPS) is 16.2. The molecule has 0 atom stereocenters. The fourth-order valence-electron chi connectivity index (χ4n) is 2.47. The quantitative estimate of drug-likeness (QED) is 0.830. The van der Waals surface area contributed by atoms with E-state index in [2.05, 4.69) is 5.10 Å². The van der Waals surface area contributed by atoms with Crippen molar-refractivity contribution in [2.24, 2.45) is 0 Å². The first-order valence-electron chi connectivity index (χ1n) is 8.00. The average molecular weight is 322 g/mol. The maximum Gasteiger partial charge on any atom is 0.410 e. The molecule has 23 heavy (non-hydrogen) atoms. The van der Waals surface area contributed by atoms with Gasteiger partial charge in [-0.2, -0.15) is 5.10 Å². The van der Waals surface area contributed by atoms with Gasteiger partial charge >= 0.3 is 6.09 Å². The lowest BCUT2D eigenvalue weighted by molar-refractivity contribution is -0.131. The van der Waals surface area contributed by atoms with Crippen LogP contribution in [-0.2, 0) is 16.1 Å². The summed E-state index contributed by atoms with van der Waals surface area (Å²) < 4.78 is 7.04. The number of aryl methyl sites for hydroxylation is 1. The van der Waals surface area contributed by atoms with Crippen LogP contribution in [0.15, 0.2) is 12.3 Å². The zero-order valence-electron chi connectivity index (χ0n) is 14.4. The van der Waals surface area contributed by atoms with E-state index in [1.807, 2.05) is 33.8 Å². The van der Waals surface area contributed by atoms with E-state index < -0.39 is 5.60 Å². The Morgan fingerprint density at radius 2 is 1.83 bits per heavy atom. The Hall–Kier alpha value is -2.05. The van der Waals surface area contributed by atoms with Crippen LogP contribution in [0.3, 0.4) is 0 Å². The van der Waals surface area contributed by atoms with Gasteiger partial charge in [-0.1, -0.05) is 0 Å². The van der Waals surface area contributed by atoms with Crippen molar-refractivity contribution in [1.29, 1.82) is 0 Å². The predicted octanol–water partition coefficient (Wildman–Crippen LogP) is 1.66. The van der Waals surface area contributed by atoms with Crippen LogP contribution in [0.5, 0.6) is 0 Å². The van der Waals surface area contributed by atoms with Crippen LogP contribution in [0.4, 0.5) is 4.79 Å². The molecule has 0 aromatic carbocycles. The Labute approximate surface area is 137 Å². The van der Waals surface area contributed by atoms with E-state index >= 15 is 0 Å². The van der Waals surface area contributed by atoms with Crippen LogP contribution in [0.1, 0.15) is 32.9 Å². The van der Waals surface area contributed by atoms with E-state index in [1.54, 1.807) is 20.7 Å². The second kappa shape index (κ2) is 7.02. The summed E-state index contributed by atoms with van der Waals surface area (Å²) in [5.74, 6) is 0.0270. The van der Waals surface area contributed by atoms with Crippen molar-refractivity contribution >= 4 is 12.0 Å². The Balaban J connectivity index is 1.88. The van der Waals surface area contributed by atoms with Crippen molar-refractivity contribution in [3.8, 4) is 0 Å². The lowest BCUT2D eigenvalue weighted by atomic mass is 10.2. The summed E-state index contributed by atoms with van der Waals surface area (Å²) in [6, 6.07) is 1.87. The molecule has 0 aliphatic carbocycles. The van der Waals surface area contributed by atoms with E-state index in [-0.39, 0.29) is 18.5 Å². The highest BCUT2D eigenvalue weighted by Crippen LogP contribution is 2.12. The van der Waals surface area contributed by atoms with Crippen molar-refractivity contribution in [3.63, 3.8) is 0 Å². The third-order valence-corrected chi connectivity index (χ3v) is 3.57. The topological polar surface area (TPSA) is 67.7 Å². The molecule has 1 fully saturated rings. The van der Waals surface area contributed by atoms with Gasteiger partial charge in [-0.05, 0) is 40.2 Å². The summed E-state index contributed by atoms with van der Waals surface area (Å²) in [6.07, 6.45) is 2.25. The van der Waals surface area contributed by atoms with Crippen molar-refractivity contribution < 1.29 is 14.3 Å². The van der Waals surface area contributed by atoms with E-state index in [4.69, 9.17) is 4.74 Å². The molecule has 2 amide bonds. The van der Waals surface area contributed by atoms with Crippen molar-refractivity contribution in [3.05, 3.63) is 18.0 Å². The van der Waals surface area contributed by atoms with Gasteiger partial charge in [-0.3, -0.25) is 9.48 Å². The van der Waals surface area contributed by atoms with Crippen LogP contribution >= 0.6 is 0 Å². The second-order valence-corrected chi connectivity index (χ2v) is 6.86. The van der Waals surface area contributed by atoms with E-state index in [1.165, 1.54) is 0 Å². The number of ether oxygens (including phenoxy) is 1. The van der Waals surface area contributed by atoms with Crippen LogP contribution in [0.2, 0.25) is 0 Å². The number of amides is 2. The second-order valence-electron chi connectivity index (χ2n) is 6.86. The smallest absolute Gasteiger partial charge is 0.410 e. The van der Waals surface area contributed by atoms with Crippen molar-refractivity contribution in [1.82, 2.24) is 19.6 Å². The van der Waals surface area contributed by atoms with E-state index in [0.717, 1.165) is 12.1 Å². The Kier molecular flexibility index (Phi) is 5.28. The van der Waals surface area contributed by atoms with Crippen molar-refractivity contribution in [2.75, 3.05) is 26.2 Å². The highest BCUT2D eigenvalue weighted by molar-refractivity contribution is 5.76. The van der Waals surface area contributed by atoms with Crippen molar-refractivity contribution in [2.45, 2.75) is 46.3 Å². The minimum absolute atomic E-state index is 0.0270. The molecule has 0 spiro atoms. The molecule has 0 unspecified atom stereocenters. The first-order chi connectivity index (χ1) is 10.7. The number of aromatic nitrogens is 2. The fourth-order valence-corrected chi connectivity index (χ4v) is 2.47. The molecule has 128 valence electrons. The molecule has 1 aliphatic rings. The van der Waals surface area contributed by atoms with Gasteiger partial charge in [0.25, 0.3) is 0 Å². The number of hydrogen-bond donors (Lipinski definition) is 0. The molecule has 7 heteroatoms. The molecule has 2 rings (SSSR count). The number of hydrogen-bond acceptors (Lipinski definition) is 4. The standard InChI is InChI=1S/C16H26N4O3/c1-13-6-9-20(17-13)12-14(21)18-7-5-8-19(11-10-18)15(22)23-16(2,3)4/h6,9H,5,7-8,10-12H2,1-4H3. The predicted molar refractivity (Wildman–Crippen MR) is 86.0 cm³/mol. The minimum Gasteiger partial charge on any atom is -0.444 e. The summed E-state index contributed by atoms with van der Waals surface area (Å²) in [5.41, 5.74) is 0.390. The summed E-state index contributed by atoms with van der Waals surface area (Å²) in [6.45, 7) is 9.97. The van der Waals surface area contributed by atoms with Gasteiger partial charge in [0.05, 0.1) is 5.69 Å². The SMILES string of the molecule is Cc1ccn(CC(=O)N2CCCN(C(=O)OC(C)(C)C)CC2)n1. The summed E-state index contributed by atoms with van der Waals surface area (Å²) >= 11 is 0. The van der Waals surface area contributed by atoms with Gasteiger partial charge in [0, 0.05) is 32.4 Å². The molecule has 0 saturated carbocycles. The monoisotopic (exact) mass is 322 g/mol. The molecule has 1 aromatic heterocycles. The molecule has 1 aromatic rings. The number of carbonyl (C=O) groups is 2. The Bertz CT molecular complexity index is 562. The molecule has 1 saturated heterocycles. The maximum atomic E-state index is 12.4. The molecule has 0 bridgehead atoms. The van der Waals surface area contributed by atoms with Gasteiger partial charge in [-0.25, -0.2) is 4.79 Å². The van der Waals surface area contributed by atoms with Crippen LogP contribution in [0, 0.1) is 6.92 Å². The van der Waals surface area contributed by atoms with Gasteiger partial charge in [0.2, 0.25) is 5.91 Å². The lowest BCUT2D eigenvalue weighted by Gasteiger charge is -2.26. The minimum atomic E-state index is -0.503. The largest absolute Gasteiger partial charge is 0.444 e. The first-order valence-corrected chi connectivity index (χ1v) is 8.00. The third-order valence-electron chi connectivity index (χ3n) is 3.57. The number of rotatable bonds is 2. The fraction of sp³-hybridized carbons (Fsp3) is 0.688. The zero-order chi connectivity index (χ0) is 17.0. The molecule has 1 aliphatic heterocycles. The maximum absolute atomic E-state index is 12.4. The Morgan fingerprint density at radius 1 is 1.17 bits per heavy atom. The molecular weight excluding hydrogens is 296 g/mol. The molecule has 0 radical (unpaired) electrons. The molecular formula is C16H26N4O3.